The number of para-hydroxylation sites is 1. The molecule has 2 aromatic rings. The molecule has 0 aliphatic heterocycles. The fourth-order valence-corrected chi connectivity index (χ4v) is 3.40. The summed E-state index contributed by atoms with van der Waals surface area (Å²) in [4.78, 5) is 46.6. The number of primary amides is 1. The van der Waals surface area contributed by atoms with E-state index in [1.54, 1.807) is 30.3 Å². The lowest BCUT2D eigenvalue weighted by Crippen LogP contribution is -2.45. The highest BCUT2D eigenvalue weighted by Gasteiger charge is 2.54. The topological polar surface area (TPSA) is 125 Å². The summed E-state index contributed by atoms with van der Waals surface area (Å²) in [7, 11) is 1.47. The Morgan fingerprint density at radius 2 is 1.70 bits per heavy atom. The van der Waals surface area contributed by atoms with Crippen molar-refractivity contribution in [2.75, 3.05) is 7.11 Å². The first-order valence-electron chi connectivity index (χ1n) is 10.1. The highest BCUT2D eigenvalue weighted by molar-refractivity contribution is 6.36. The summed E-state index contributed by atoms with van der Waals surface area (Å²) in [6.45, 7) is 0. The summed E-state index contributed by atoms with van der Waals surface area (Å²) < 4.78 is 10.0. The van der Waals surface area contributed by atoms with Gasteiger partial charge >= 0.3 is 11.9 Å². The van der Waals surface area contributed by atoms with Crippen LogP contribution in [0.5, 0.6) is 5.75 Å². The Morgan fingerprint density at radius 3 is 2.24 bits per heavy atom. The van der Waals surface area contributed by atoms with E-state index >= 15 is 0 Å². The highest BCUT2D eigenvalue weighted by Crippen LogP contribution is 2.39. The SMILES string of the molecule is COc1ccccc1C(=O)NC1(C(=O)OC(=O)C2CC2)CC1.NC(=O)c1ccc(Cl)cc1Cl. The van der Waals surface area contributed by atoms with Crippen molar-refractivity contribution >= 4 is 47.0 Å². The number of amides is 2. The summed E-state index contributed by atoms with van der Waals surface area (Å²) in [5, 5.41) is 3.45. The number of benzene rings is 2. The second kappa shape index (κ2) is 10.2. The number of carbonyl (C=O) groups excluding carboxylic acids is 4. The molecule has 3 N–H and O–H groups in total. The number of methoxy groups -OCH3 is 1. The second-order valence-corrected chi connectivity index (χ2v) is 8.55. The van der Waals surface area contributed by atoms with Gasteiger partial charge in [-0.3, -0.25) is 14.4 Å². The van der Waals surface area contributed by atoms with Crippen molar-refractivity contribution in [1.82, 2.24) is 5.32 Å². The van der Waals surface area contributed by atoms with E-state index in [0.29, 0.717) is 29.2 Å². The van der Waals surface area contributed by atoms with E-state index in [2.05, 4.69) is 5.32 Å². The van der Waals surface area contributed by atoms with E-state index in [-0.39, 0.29) is 16.5 Å². The van der Waals surface area contributed by atoms with Crippen LogP contribution < -0.4 is 15.8 Å². The van der Waals surface area contributed by atoms with Crippen LogP contribution in [0.3, 0.4) is 0 Å². The molecule has 174 valence electrons. The Bertz CT molecular complexity index is 1100. The van der Waals surface area contributed by atoms with Crippen LogP contribution in [0.2, 0.25) is 10.0 Å². The molecule has 2 aromatic carbocycles. The van der Waals surface area contributed by atoms with Crippen LogP contribution in [0.4, 0.5) is 0 Å². The molecule has 2 fully saturated rings. The van der Waals surface area contributed by atoms with E-state index < -0.39 is 29.3 Å². The van der Waals surface area contributed by atoms with Crippen molar-refractivity contribution in [3.05, 3.63) is 63.6 Å². The van der Waals surface area contributed by atoms with E-state index in [0.717, 1.165) is 12.8 Å². The Labute approximate surface area is 200 Å². The zero-order chi connectivity index (χ0) is 24.2. The maximum absolute atomic E-state index is 12.3. The third kappa shape index (κ3) is 6.24. The Kier molecular flexibility index (Phi) is 7.61. The first kappa shape index (κ1) is 24.5. The average Bonchev–Trinajstić information content (AvgIpc) is 3.68. The summed E-state index contributed by atoms with van der Waals surface area (Å²) in [5.74, 6) is -1.82. The van der Waals surface area contributed by atoms with Gasteiger partial charge in [0, 0.05) is 5.02 Å². The van der Waals surface area contributed by atoms with Gasteiger partial charge < -0.3 is 20.5 Å². The smallest absolute Gasteiger partial charge is 0.339 e. The summed E-state index contributed by atoms with van der Waals surface area (Å²) in [5.41, 5.74) is 4.56. The highest BCUT2D eigenvalue weighted by atomic mass is 35.5. The van der Waals surface area contributed by atoms with Gasteiger partial charge in [0.25, 0.3) is 5.91 Å². The summed E-state index contributed by atoms with van der Waals surface area (Å²) in [6, 6.07) is 11.3. The van der Waals surface area contributed by atoms with Gasteiger partial charge in [0.05, 0.1) is 29.2 Å². The van der Waals surface area contributed by atoms with Gasteiger partial charge in [0.15, 0.2) is 0 Å². The molecular weight excluding hydrogens is 471 g/mol. The van der Waals surface area contributed by atoms with Crippen molar-refractivity contribution < 1.29 is 28.7 Å². The molecule has 8 nitrogen and oxygen atoms in total. The fourth-order valence-electron chi connectivity index (χ4n) is 2.90. The van der Waals surface area contributed by atoms with Crippen LogP contribution in [-0.2, 0) is 14.3 Å². The van der Waals surface area contributed by atoms with E-state index in [1.807, 2.05) is 0 Å². The molecule has 2 aliphatic carbocycles. The molecular formula is C23H22Cl2N2O6. The van der Waals surface area contributed by atoms with Gasteiger partial charge in [-0.1, -0.05) is 35.3 Å². The number of esters is 2. The second-order valence-electron chi connectivity index (χ2n) is 7.71. The van der Waals surface area contributed by atoms with E-state index in [9.17, 15) is 19.2 Å². The number of rotatable bonds is 6. The first-order chi connectivity index (χ1) is 15.7. The van der Waals surface area contributed by atoms with E-state index in [4.69, 9.17) is 38.4 Å². The van der Waals surface area contributed by atoms with Crippen LogP contribution in [0.15, 0.2) is 42.5 Å². The number of ether oxygens (including phenoxy) is 2. The minimum atomic E-state index is -1.07. The maximum Gasteiger partial charge on any atom is 0.339 e. The predicted molar refractivity (Wildman–Crippen MR) is 121 cm³/mol. The van der Waals surface area contributed by atoms with E-state index in [1.165, 1.54) is 19.2 Å². The fraction of sp³-hybridized carbons (Fsp3) is 0.304. The first-order valence-corrected chi connectivity index (χ1v) is 10.9. The zero-order valence-corrected chi connectivity index (χ0v) is 19.2. The molecule has 10 heteroatoms. The van der Waals surface area contributed by atoms with Crippen LogP contribution in [-0.4, -0.2) is 36.4 Å². The molecule has 4 rings (SSSR count). The van der Waals surface area contributed by atoms with Gasteiger partial charge in [-0.25, -0.2) is 4.79 Å². The third-order valence-electron chi connectivity index (χ3n) is 5.15. The number of nitrogens with two attached hydrogens (primary N) is 1. The molecule has 0 spiro atoms. The molecule has 0 saturated heterocycles. The standard InChI is InChI=1S/C16H17NO5.C7H5Cl2NO/c1-21-12-5-3-2-4-11(12)13(18)17-16(8-9-16)15(20)22-14(19)10-6-7-10;8-4-1-2-5(7(10)11)6(9)3-4/h2-5,10H,6-9H2,1H3,(H,17,18);1-3H,(H2,10,11). The monoisotopic (exact) mass is 492 g/mol. The minimum absolute atomic E-state index is 0.148. The molecule has 33 heavy (non-hydrogen) atoms. The molecule has 2 aliphatic rings. The van der Waals surface area contributed by atoms with Gasteiger partial charge in [-0.2, -0.15) is 0 Å². The lowest BCUT2D eigenvalue weighted by molar-refractivity contribution is -0.162. The number of nitrogens with one attached hydrogen (secondary N) is 1. The Hall–Kier alpha value is -3.10. The lowest BCUT2D eigenvalue weighted by Gasteiger charge is -2.16. The predicted octanol–water partition coefficient (Wildman–Crippen LogP) is 3.53. The molecule has 0 heterocycles. The molecule has 0 radical (unpaired) electrons. The number of hydrogen-bond acceptors (Lipinski definition) is 6. The molecule has 0 aromatic heterocycles. The van der Waals surface area contributed by atoms with Gasteiger partial charge in [-0.05, 0) is 56.0 Å². The molecule has 0 unspecified atom stereocenters. The minimum Gasteiger partial charge on any atom is -0.496 e. The summed E-state index contributed by atoms with van der Waals surface area (Å²) in [6.07, 6.45) is 2.49. The van der Waals surface area contributed by atoms with Crippen molar-refractivity contribution in [3.63, 3.8) is 0 Å². The Morgan fingerprint density at radius 1 is 1.03 bits per heavy atom. The molecule has 2 amide bonds. The van der Waals surface area contributed by atoms with Crippen molar-refractivity contribution in [2.24, 2.45) is 11.7 Å². The lowest BCUT2D eigenvalue weighted by atomic mass is 10.1. The number of carbonyl (C=O) groups is 4. The molecule has 2 saturated carbocycles. The summed E-state index contributed by atoms with van der Waals surface area (Å²) >= 11 is 11.2. The van der Waals surface area contributed by atoms with Crippen LogP contribution in [0, 0.1) is 5.92 Å². The van der Waals surface area contributed by atoms with Crippen LogP contribution in [0.1, 0.15) is 46.4 Å². The quantitative estimate of drug-likeness (QED) is 0.469. The number of halogens is 2. The normalized spacial score (nSPS) is 15.4. The van der Waals surface area contributed by atoms with Gasteiger partial charge in [-0.15, -0.1) is 0 Å². The van der Waals surface area contributed by atoms with Crippen LogP contribution >= 0.6 is 23.2 Å². The van der Waals surface area contributed by atoms with Crippen LogP contribution in [0.25, 0.3) is 0 Å². The third-order valence-corrected chi connectivity index (χ3v) is 5.69. The Balaban J connectivity index is 0.000000235. The zero-order valence-electron chi connectivity index (χ0n) is 17.7. The van der Waals surface area contributed by atoms with Gasteiger partial charge in [0.1, 0.15) is 11.3 Å². The van der Waals surface area contributed by atoms with Gasteiger partial charge in [0.2, 0.25) is 5.91 Å². The molecule has 0 atom stereocenters. The molecule has 0 bridgehead atoms. The maximum atomic E-state index is 12.3. The van der Waals surface area contributed by atoms with Crippen molar-refractivity contribution in [1.29, 1.82) is 0 Å². The largest absolute Gasteiger partial charge is 0.496 e. The van der Waals surface area contributed by atoms with Crippen molar-refractivity contribution in [3.8, 4) is 5.75 Å². The number of hydrogen-bond donors (Lipinski definition) is 2. The average molecular weight is 493 g/mol. The van der Waals surface area contributed by atoms with Crippen molar-refractivity contribution in [2.45, 2.75) is 31.2 Å².